The second kappa shape index (κ2) is 4.87. The van der Waals surface area contributed by atoms with Gasteiger partial charge in [0, 0.05) is 5.38 Å². The number of nitrogen functional groups attached to an aromatic ring is 1. The highest BCUT2D eigenvalue weighted by Gasteiger charge is 2.15. The number of methoxy groups -OCH3 is 1. The van der Waals surface area contributed by atoms with Gasteiger partial charge in [-0.2, -0.15) is 11.3 Å². The average molecular weight is 284 g/mol. The SMILES string of the molecule is COc1ccc(S(=O)(=O)Nc2ccsc2)cc1N. The van der Waals surface area contributed by atoms with Gasteiger partial charge in [0.05, 0.1) is 23.4 Å². The van der Waals surface area contributed by atoms with Crippen molar-refractivity contribution < 1.29 is 13.2 Å². The Balaban J connectivity index is 2.33. The molecule has 0 saturated heterocycles. The molecule has 0 aliphatic heterocycles. The molecule has 1 aromatic heterocycles. The van der Waals surface area contributed by atoms with E-state index in [0.717, 1.165) is 0 Å². The minimum atomic E-state index is -3.61. The maximum atomic E-state index is 12.0. The van der Waals surface area contributed by atoms with Gasteiger partial charge in [-0.05, 0) is 29.6 Å². The van der Waals surface area contributed by atoms with Gasteiger partial charge in [0.15, 0.2) is 0 Å². The van der Waals surface area contributed by atoms with Crippen molar-refractivity contribution in [2.75, 3.05) is 17.6 Å². The van der Waals surface area contributed by atoms with Crippen LogP contribution in [0.1, 0.15) is 0 Å². The fourth-order valence-electron chi connectivity index (χ4n) is 1.42. The minimum absolute atomic E-state index is 0.104. The highest BCUT2D eigenvalue weighted by atomic mass is 32.2. The number of nitrogens with one attached hydrogen (secondary N) is 1. The molecule has 0 bridgehead atoms. The topological polar surface area (TPSA) is 81.4 Å². The van der Waals surface area contributed by atoms with Crippen molar-refractivity contribution in [3.05, 3.63) is 35.0 Å². The Morgan fingerprint density at radius 1 is 1.33 bits per heavy atom. The molecule has 0 spiro atoms. The first-order valence-electron chi connectivity index (χ1n) is 5.01. The van der Waals surface area contributed by atoms with E-state index in [0.29, 0.717) is 11.4 Å². The molecule has 0 radical (unpaired) electrons. The lowest BCUT2D eigenvalue weighted by Crippen LogP contribution is -2.12. The van der Waals surface area contributed by atoms with E-state index in [2.05, 4.69) is 4.72 Å². The third kappa shape index (κ3) is 2.57. The van der Waals surface area contributed by atoms with Gasteiger partial charge in [-0.3, -0.25) is 4.72 Å². The van der Waals surface area contributed by atoms with Gasteiger partial charge in [-0.15, -0.1) is 0 Å². The van der Waals surface area contributed by atoms with E-state index in [9.17, 15) is 8.42 Å². The van der Waals surface area contributed by atoms with Crippen LogP contribution in [0.25, 0.3) is 0 Å². The van der Waals surface area contributed by atoms with Crippen molar-refractivity contribution in [2.24, 2.45) is 0 Å². The van der Waals surface area contributed by atoms with Crippen molar-refractivity contribution >= 4 is 32.7 Å². The standard InChI is InChI=1S/C11H12N2O3S2/c1-16-11-3-2-9(6-10(11)12)18(14,15)13-8-4-5-17-7-8/h2-7,13H,12H2,1H3. The largest absolute Gasteiger partial charge is 0.495 e. The lowest BCUT2D eigenvalue weighted by molar-refractivity contribution is 0.416. The molecule has 2 aromatic rings. The highest BCUT2D eigenvalue weighted by Crippen LogP contribution is 2.26. The van der Waals surface area contributed by atoms with Crippen molar-refractivity contribution in [1.82, 2.24) is 0 Å². The summed E-state index contributed by atoms with van der Waals surface area (Å²) in [5, 5.41) is 3.50. The molecular formula is C11H12N2O3S2. The summed E-state index contributed by atoms with van der Waals surface area (Å²) in [5.74, 6) is 0.449. The number of anilines is 2. The van der Waals surface area contributed by atoms with Gasteiger partial charge >= 0.3 is 0 Å². The number of nitrogens with two attached hydrogens (primary N) is 1. The molecule has 0 atom stereocenters. The molecule has 18 heavy (non-hydrogen) atoms. The minimum Gasteiger partial charge on any atom is -0.495 e. The van der Waals surface area contributed by atoms with Crippen LogP contribution in [-0.4, -0.2) is 15.5 Å². The van der Waals surface area contributed by atoms with Gasteiger partial charge in [-0.1, -0.05) is 0 Å². The number of sulfonamides is 1. The summed E-state index contributed by atoms with van der Waals surface area (Å²) >= 11 is 1.41. The molecule has 1 aromatic carbocycles. The summed E-state index contributed by atoms with van der Waals surface area (Å²) in [6.07, 6.45) is 0. The summed E-state index contributed by atoms with van der Waals surface area (Å²) < 4.78 is 31.5. The number of hydrogen-bond acceptors (Lipinski definition) is 5. The van der Waals surface area contributed by atoms with E-state index in [-0.39, 0.29) is 10.6 Å². The molecule has 0 amide bonds. The van der Waals surface area contributed by atoms with Gasteiger partial charge in [0.2, 0.25) is 0 Å². The van der Waals surface area contributed by atoms with Crippen LogP contribution in [0.3, 0.4) is 0 Å². The Hall–Kier alpha value is -1.73. The molecule has 0 aliphatic rings. The third-order valence-corrected chi connectivity index (χ3v) is 4.35. The predicted molar refractivity (Wildman–Crippen MR) is 72.5 cm³/mol. The quantitative estimate of drug-likeness (QED) is 0.843. The number of thiophene rings is 1. The maximum Gasteiger partial charge on any atom is 0.261 e. The smallest absolute Gasteiger partial charge is 0.261 e. The van der Waals surface area contributed by atoms with Gasteiger partial charge in [0.25, 0.3) is 10.0 Å². The van der Waals surface area contributed by atoms with Crippen molar-refractivity contribution in [2.45, 2.75) is 4.90 Å². The Morgan fingerprint density at radius 3 is 2.67 bits per heavy atom. The Morgan fingerprint density at radius 2 is 2.11 bits per heavy atom. The molecule has 3 N–H and O–H groups in total. The summed E-state index contributed by atoms with van der Waals surface area (Å²) in [7, 11) is -2.13. The zero-order valence-electron chi connectivity index (χ0n) is 9.58. The normalized spacial score (nSPS) is 11.2. The summed E-state index contributed by atoms with van der Waals surface area (Å²) in [4.78, 5) is 0.104. The van der Waals surface area contributed by atoms with Crippen LogP contribution in [0.15, 0.2) is 39.9 Å². The molecule has 96 valence electrons. The van der Waals surface area contributed by atoms with E-state index < -0.39 is 10.0 Å². The average Bonchev–Trinajstić information content (AvgIpc) is 2.81. The molecule has 0 aliphatic carbocycles. The Kier molecular flexibility index (Phi) is 3.44. The second-order valence-electron chi connectivity index (χ2n) is 3.52. The first-order valence-corrected chi connectivity index (χ1v) is 7.44. The van der Waals surface area contributed by atoms with Crippen LogP contribution in [-0.2, 0) is 10.0 Å². The van der Waals surface area contributed by atoms with Crippen LogP contribution < -0.4 is 15.2 Å². The fourth-order valence-corrected chi connectivity index (χ4v) is 3.16. The Bertz CT molecular complexity index is 636. The zero-order chi connectivity index (χ0) is 13.2. The molecule has 0 fully saturated rings. The molecule has 2 rings (SSSR count). The third-order valence-electron chi connectivity index (χ3n) is 2.28. The first kappa shape index (κ1) is 12.7. The Labute approximate surface area is 109 Å². The van der Waals surface area contributed by atoms with Gasteiger partial charge in [0.1, 0.15) is 5.75 Å². The second-order valence-corrected chi connectivity index (χ2v) is 5.98. The van der Waals surface area contributed by atoms with Gasteiger partial charge in [-0.25, -0.2) is 8.42 Å². The van der Waals surface area contributed by atoms with E-state index in [1.54, 1.807) is 16.8 Å². The van der Waals surface area contributed by atoms with E-state index >= 15 is 0 Å². The fraction of sp³-hybridized carbons (Fsp3) is 0.0909. The summed E-state index contributed by atoms with van der Waals surface area (Å²) in [6, 6.07) is 6.03. The van der Waals surface area contributed by atoms with Crippen LogP contribution in [0, 0.1) is 0 Å². The molecular weight excluding hydrogens is 272 g/mol. The number of rotatable bonds is 4. The molecule has 7 heteroatoms. The summed E-state index contributed by atoms with van der Waals surface area (Å²) in [6.45, 7) is 0. The van der Waals surface area contributed by atoms with E-state index in [1.165, 1.54) is 36.6 Å². The zero-order valence-corrected chi connectivity index (χ0v) is 11.2. The van der Waals surface area contributed by atoms with Crippen molar-refractivity contribution in [3.8, 4) is 5.75 Å². The summed E-state index contributed by atoms with van der Waals surface area (Å²) in [5.41, 5.74) is 6.51. The van der Waals surface area contributed by atoms with Crippen LogP contribution >= 0.6 is 11.3 Å². The van der Waals surface area contributed by atoms with Gasteiger partial charge < -0.3 is 10.5 Å². The molecule has 0 saturated carbocycles. The van der Waals surface area contributed by atoms with E-state index in [4.69, 9.17) is 10.5 Å². The maximum absolute atomic E-state index is 12.0. The van der Waals surface area contributed by atoms with Crippen LogP contribution in [0.5, 0.6) is 5.75 Å². The van der Waals surface area contributed by atoms with E-state index in [1.807, 2.05) is 0 Å². The first-order chi connectivity index (χ1) is 8.53. The molecule has 1 heterocycles. The molecule has 5 nitrogen and oxygen atoms in total. The number of hydrogen-bond donors (Lipinski definition) is 2. The van der Waals surface area contributed by atoms with Crippen molar-refractivity contribution in [3.63, 3.8) is 0 Å². The van der Waals surface area contributed by atoms with Crippen molar-refractivity contribution in [1.29, 1.82) is 0 Å². The monoisotopic (exact) mass is 284 g/mol. The lowest BCUT2D eigenvalue weighted by atomic mass is 10.3. The highest BCUT2D eigenvalue weighted by molar-refractivity contribution is 7.92. The number of ether oxygens (including phenoxy) is 1. The lowest BCUT2D eigenvalue weighted by Gasteiger charge is -2.09. The number of benzene rings is 1. The van der Waals surface area contributed by atoms with Crippen LogP contribution in [0.4, 0.5) is 11.4 Å². The predicted octanol–water partition coefficient (Wildman–Crippen LogP) is 2.14. The van der Waals surface area contributed by atoms with Crippen LogP contribution in [0.2, 0.25) is 0 Å². The molecule has 0 unspecified atom stereocenters.